The van der Waals surface area contributed by atoms with E-state index in [0.717, 1.165) is 28.8 Å². The molecule has 2 heterocycles. The molecule has 1 fully saturated rings. The number of aryl methyl sites for hydroxylation is 2. The molecule has 144 valence electrons. The zero-order valence-corrected chi connectivity index (χ0v) is 16.3. The Morgan fingerprint density at radius 3 is 2.86 bits per heavy atom. The van der Waals surface area contributed by atoms with Crippen LogP contribution in [0, 0.1) is 19.8 Å². The van der Waals surface area contributed by atoms with E-state index in [4.69, 9.17) is 0 Å². The van der Waals surface area contributed by atoms with Gasteiger partial charge in [-0.15, -0.1) is 0 Å². The van der Waals surface area contributed by atoms with Gasteiger partial charge in [0, 0.05) is 42.3 Å². The van der Waals surface area contributed by atoms with Crippen LogP contribution in [0.15, 0.2) is 48.7 Å². The maximum atomic E-state index is 12.7. The van der Waals surface area contributed by atoms with Crippen molar-refractivity contribution in [3.63, 3.8) is 0 Å². The van der Waals surface area contributed by atoms with Crippen molar-refractivity contribution >= 4 is 28.4 Å². The van der Waals surface area contributed by atoms with Gasteiger partial charge in [-0.3, -0.25) is 9.59 Å². The Hall–Kier alpha value is -3.08. The second kappa shape index (κ2) is 7.50. The Morgan fingerprint density at radius 1 is 1.21 bits per heavy atom. The molecular weight excluding hydrogens is 350 g/mol. The number of benzene rings is 2. The highest BCUT2D eigenvalue weighted by atomic mass is 16.2. The molecule has 1 saturated heterocycles. The number of H-pyrrole nitrogens is 1. The van der Waals surface area contributed by atoms with Gasteiger partial charge in [0.15, 0.2) is 0 Å². The van der Waals surface area contributed by atoms with Crippen LogP contribution in [0.5, 0.6) is 0 Å². The summed E-state index contributed by atoms with van der Waals surface area (Å²) in [5, 5.41) is 4.18. The van der Waals surface area contributed by atoms with E-state index < -0.39 is 0 Å². The number of carbonyl (C=O) groups excluding carboxylic acids is 2. The molecule has 0 aliphatic carbocycles. The van der Waals surface area contributed by atoms with Gasteiger partial charge in [-0.1, -0.05) is 35.9 Å². The Labute approximate surface area is 164 Å². The molecule has 1 aromatic heterocycles. The average Bonchev–Trinajstić information content (AvgIpc) is 3.26. The number of likely N-dealkylation sites (tertiary alicyclic amines) is 1. The summed E-state index contributed by atoms with van der Waals surface area (Å²) in [6.45, 7) is 5.13. The third kappa shape index (κ3) is 3.65. The number of fused-ring (bicyclic) bond motifs is 1. The van der Waals surface area contributed by atoms with E-state index in [1.165, 1.54) is 10.9 Å². The van der Waals surface area contributed by atoms with Crippen molar-refractivity contribution in [2.24, 2.45) is 5.92 Å². The van der Waals surface area contributed by atoms with E-state index in [0.29, 0.717) is 13.1 Å². The fourth-order valence-corrected chi connectivity index (χ4v) is 3.95. The molecule has 1 unspecified atom stereocenters. The lowest BCUT2D eigenvalue weighted by Crippen LogP contribution is -2.30. The number of para-hydroxylation sites is 1. The quantitative estimate of drug-likeness (QED) is 0.712. The van der Waals surface area contributed by atoms with E-state index in [1.807, 2.05) is 61.3 Å². The number of nitrogens with zero attached hydrogens (tertiary/aromatic N) is 1. The maximum absolute atomic E-state index is 12.7. The van der Waals surface area contributed by atoms with Crippen LogP contribution >= 0.6 is 0 Å². The monoisotopic (exact) mass is 375 g/mol. The summed E-state index contributed by atoms with van der Waals surface area (Å²) < 4.78 is 0. The lowest BCUT2D eigenvalue weighted by Gasteiger charge is -2.17. The largest absolute Gasteiger partial charge is 0.361 e. The Bertz CT molecular complexity index is 1040. The van der Waals surface area contributed by atoms with Crippen LogP contribution in [-0.4, -0.2) is 34.8 Å². The van der Waals surface area contributed by atoms with E-state index in [-0.39, 0.29) is 24.2 Å². The molecule has 2 aromatic carbocycles. The van der Waals surface area contributed by atoms with Crippen molar-refractivity contribution in [3.05, 3.63) is 65.4 Å². The zero-order valence-electron chi connectivity index (χ0n) is 16.3. The first-order valence-electron chi connectivity index (χ1n) is 9.72. The molecule has 2 amide bonds. The number of nitrogens with one attached hydrogen (secondary N) is 2. The predicted octanol–water partition coefficient (Wildman–Crippen LogP) is 3.81. The summed E-state index contributed by atoms with van der Waals surface area (Å²) in [6.07, 6.45) is 3.07. The SMILES string of the molecule is Cc1ccc(NC(=O)C2CC(=O)N(CCc3c[nH]c4ccccc34)C2)c(C)c1. The van der Waals surface area contributed by atoms with Gasteiger partial charge < -0.3 is 15.2 Å². The Kier molecular flexibility index (Phi) is 4.90. The zero-order chi connectivity index (χ0) is 19.7. The minimum absolute atomic E-state index is 0.0561. The number of aromatic nitrogens is 1. The van der Waals surface area contributed by atoms with Gasteiger partial charge in [-0.05, 0) is 43.5 Å². The predicted molar refractivity (Wildman–Crippen MR) is 111 cm³/mol. The van der Waals surface area contributed by atoms with Crippen LogP contribution in [0.1, 0.15) is 23.1 Å². The van der Waals surface area contributed by atoms with Gasteiger partial charge in [0.2, 0.25) is 11.8 Å². The summed E-state index contributed by atoms with van der Waals surface area (Å²) in [7, 11) is 0. The van der Waals surface area contributed by atoms with Crippen molar-refractivity contribution in [1.29, 1.82) is 0 Å². The van der Waals surface area contributed by atoms with Gasteiger partial charge in [-0.25, -0.2) is 0 Å². The van der Waals surface area contributed by atoms with Crippen LogP contribution < -0.4 is 5.32 Å². The summed E-state index contributed by atoms with van der Waals surface area (Å²) in [5.41, 5.74) is 5.33. The van der Waals surface area contributed by atoms with Crippen LogP contribution in [0.2, 0.25) is 0 Å². The third-order valence-corrected chi connectivity index (χ3v) is 5.55. The molecule has 5 nitrogen and oxygen atoms in total. The van der Waals surface area contributed by atoms with E-state index >= 15 is 0 Å². The Balaban J connectivity index is 1.37. The number of aromatic amines is 1. The highest BCUT2D eigenvalue weighted by molar-refractivity contribution is 5.97. The molecule has 28 heavy (non-hydrogen) atoms. The molecule has 1 aliphatic rings. The molecule has 3 aromatic rings. The van der Waals surface area contributed by atoms with Crippen LogP contribution in [0.3, 0.4) is 0 Å². The second-order valence-electron chi connectivity index (χ2n) is 7.66. The van der Waals surface area contributed by atoms with E-state index in [1.54, 1.807) is 0 Å². The summed E-state index contributed by atoms with van der Waals surface area (Å²) >= 11 is 0. The fraction of sp³-hybridized carbons (Fsp3) is 0.304. The first kappa shape index (κ1) is 18.3. The van der Waals surface area contributed by atoms with Gasteiger partial charge in [0.1, 0.15) is 0 Å². The lowest BCUT2D eigenvalue weighted by molar-refractivity contribution is -0.128. The van der Waals surface area contributed by atoms with Crippen molar-refractivity contribution in [3.8, 4) is 0 Å². The molecule has 0 bridgehead atoms. The first-order valence-corrected chi connectivity index (χ1v) is 9.72. The normalized spacial score (nSPS) is 16.7. The van der Waals surface area contributed by atoms with Crippen molar-refractivity contribution in [1.82, 2.24) is 9.88 Å². The molecule has 2 N–H and O–H groups in total. The molecule has 1 atom stereocenters. The van der Waals surface area contributed by atoms with Gasteiger partial charge in [-0.2, -0.15) is 0 Å². The maximum Gasteiger partial charge on any atom is 0.229 e. The minimum Gasteiger partial charge on any atom is -0.361 e. The summed E-state index contributed by atoms with van der Waals surface area (Å²) in [4.78, 5) is 30.2. The molecule has 5 heteroatoms. The van der Waals surface area contributed by atoms with Gasteiger partial charge >= 0.3 is 0 Å². The fourth-order valence-electron chi connectivity index (χ4n) is 3.95. The highest BCUT2D eigenvalue weighted by Crippen LogP contribution is 2.24. The first-order chi connectivity index (χ1) is 13.5. The topological polar surface area (TPSA) is 65.2 Å². The second-order valence-corrected chi connectivity index (χ2v) is 7.66. The van der Waals surface area contributed by atoms with Crippen LogP contribution in [0.4, 0.5) is 5.69 Å². The van der Waals surface area contributed by atoms with Crippen molar-refractivity contribution < 1.29 is 9.59 Å². The smallest absolute Gasteiger partial charge is 0.229 e. The van der Waals surface area contributed by atoms with E-state index in [2.05, 4.69) is 16.4 Å². The number of amides is 2. The number of anilines is 1. The molecule has 4 rings (SSSR count). The molecular formula is C23H25N3O2. The van der Waals surface area contributed by atoms with Crippen molar-refractivity contribution in [2.75, 3.05) is 18.4 Å². The summed E-state index contributed by atoms with van der Waals surface area (Å²) in [5.74, 6) is -0.313. The van der Waals surface area contributed by atoms with Crippen LogP contribution in [-0.2, 0) is 16.0 Å². The Morgan fingerprint density at radius 2 is 2.04 bits per heavy atom. The average molecular weight is 375 g/mol. The lowest BCUT2D eigenvalue weighted by atomic mass is 10.1. The third-order valence-electron chi connectivity index (χ3n) is 5.55. The molecule has 0 spiro atoms. The van der Waals surface area contributed by atoms with Crippen molar-refractivity contribution in [2.45, 2.75) is 26.7 Å². The number of hydrogen-bond donors (Lipinski definition) is 2. The number of hydrogen-bond acceptors (Lipinski definition) is 2. The number of rotatable bonds is 5. The molecule has 1 aliphatic heterocycles. The van der Waals surface area contributed by atoms with Gasteiger partial charge in [0.25, 0.3) is 0 Å². The highest BCUT2D eigenvalue weighted by Gasteiger charge is 2.34. The molecule has 0 radical (unpaired) electrons. The minimum atomic E-state index is -0.295. The standard InChI is InChI=1S/C23H25N3O2/c1-15-7-8-20(16(2)11-15)25-23(28)18-12-22(27)26(14-18)10-9-17-13-24-21-6-4-3-5-19(17)21/h3-8,11,13,18,24H,9-10,12,14H2,1-2H3,(H,25,28). The number of carbonyl (C=O) groups is 2. The van der Waals surface area contributed by atoms with Gasteiger partial charge in [0.05, 0.1) is 5.92 Å². The van der Waals surface area contributed by atoms with E-state index in [9.17, 15) is 9.59 Å². The molecule has 0 saturated carbocycles. The summed E-state index contributed by atoms with van der Waals surface area (Å²) in [6, 6.07) is 14.1. The van der Waals surface area contributed by atoms with Crippen LogP contribution in [0.25, 0.3) is 10.9 Å².